The molecule has 0 N–H and O–H groups in total. The van der Waals surface area contributed by atoms with Gasteiger partial charge in [0, 0.05) is 5.33 Å². The summed E-state index contributed by atoms with van der Waals surface area (Å²) in [6, 6.07) is 5.64. The van der Waals surface area contributed by atoms with Crippen molar-refractivity contribution in [1.29, 1.82) is 0 Å². The van der Waals surface area contributed by atoms with Crippen LogP contribution in [0.3, 0.4) is 0 Å². The fraction of sp³-hybridized carbons (Fsp3) is 0.600. The lowest BCUT2D eigenvalue weighted by Gasteiger charge is -2.36. The van der Waals surface area contributed by atoms with Crippen molar-refractivity contribution >= 4 is 15.9 Å². The molecule has 0 aliphatic heterocycles. The molecule has 0 amide bonds. The van der Waals surface area contributed by atoms with Crippen LogP contribution in [0.15, 0.2) is 24.3 Å². The Morgan fingerprint density at radius 3 is 2.05 bits per heavy atom. The van der Waals surface area contributed by atoms with E-state index >= 15 is 0 Å². The zero-order valence-electron chi connectivity index (χ0n) is 10.8. The van der Waals surface area contributed by atoms with Gasteiger partial charge in [-0.05, 0) is 42.4 Å². The molecule has 0 saturated heterocycles. The second-order valence-corrected chi connectivity index (χ2v) is 6.13. The van der Waals surface area contributed by atoms with Gasteiger partial charge in [0.15, 0.2) is 0 Å². The van der Waals surface area contributed by atoms with Crippen LogP contribution >= 0.6 is 15.9 Å². The minimum absolute atomic E-state index is 0.234. The first-order valence-electron chi connectivity index (χ1n) is 6.67. The van der Waals surface area contributed by atoms with Gasteiger partial charge in [0.05, 0.1) is 5.56 Å². The van der Waals surface area contributed by atoms with E-state index in [2.05, 4.69) is 15.9 Å². The minimum Gasteiger partial charge on any atom is -0.166 e. The van der Waals surface area contributed by atoms with Crippen LogP contribution in [-0.2, 0) is 12.6 Å². The highest BCUT2D eigenvalue weighted by molar-refractivity contribution is 9.09. The molecule has 0 heterocycles. The third-order valence-electron chi connectivity index (χ3n) is 4.06. The van der Waals surface area contributed by atoms with Crippen molar-refractivity contribution in [3.05, 3.63) is 35.4 Å². The van der Waals surface area contributed by atoms with E-state index in [1.807, 2.05) is 0 Å². The first kappa shape index (κ1) is 14.9. The monoisotopic (exact) mass is 334 g/mol. The second kappa shape index (κ2) is 5.86. The molecule has 0 nitrogen and oxygen atoms in total. The third-order valence-corrected chi connectivity index (χ3v) is 5.25. The van der Waals surface area contributed by atoms with Crippen molar-refractivity contribution < 1.29 is 13.2 Å². The number of hydrogen-bond acceptors (Lipinski definition) is 0. The van der Waals surface area contributed by atoms with Crippen LogP contribution in [-0.4, -0.2) is 5.33 Å². The molecule has 0 spiro atoms. The fourth-order valence-corrected chi connectivity index (χ4v) is 3.66. The van der Waals surface area contributed by atoms with Crippen molar-refractivity contribution in [2.45, 2.75) is 44.7 Å². The largest absolute Gasteiger partial charge is 0.416 e. The quantitative estimate of drug-likeness (QED) is 0.632. The molecule has 0 unspecified atom stereocenters. The summed E-state index contributed by atoms with van der Waals surface area (Å²) in [7, 11) is 0. The maximum Gasteiger partial charge on any atom is 0.416 e. The zero-order chi connectivity index (χ0) is 13.9. The molecule has 1 fully saturated rings. The summed E-state index contributed by atoms with van der Waals surface area (Å²) in [5, 5.41) is 0.932. The lowest BCUT2D eigenvalue weighted by molar-refractivity contribution is -0.137. The SMILES string of the molecule is FC(F)(F)c1ccc(CC2(CBr)CCCCC2)cc1. The molecule has 1 saturated carbocycles. The van der Waals surface area contributed by atoms with Crippen LogP contribution < -0.4 is 0 Å². The molecule has 1 aromatic rings. The van der Waals surface area contributed by atoms with Gasteiger partial charge in [0.2, 0.25) is 0 Å². The Kier molecular flexibility index (Phi) is 4.59. The summed E-state index contributed by atoms with van der Waals surface area (Å²) >= 11 is 3.59. The van der Waals surface area contributed by atoms with Crippen LogP contribution in [0.4, 0.5) is 13.2 Å². The number of benzene rings is 1. The molecule has 0 aromatic heterocycles. The minimum atomic E-state index is -4.24. The predicted octanol–water partition coefficient (Wildman–Crippen LogP) is 5.59. The molecule has 1 aliphatic rings. The number of halogens is 4. The number of hydrogen-bond donors (Lipinski definition) is 0. The summed E-state index contributed by atoms with van der Waals surface area (Å²) in [4.78, 5) is 0. The molecule has 19 heavy (non-hydrogen) atoms. The molecule has 0 radical (unpaired) electrons. The van der Waals surface area contributed by atoms with Crippen molar-refractivity contribution in [2.75, 3.05) is 5.33 Å². The summed E-state index contributed by atoms with van der Waals surface area (Å²) in [6.07, 6.45) is 2.70. The third kappa shape index (κ3) is 3.74. The Morgan fingerprint density at radius 2 is 1.58 bits per heavy atom. The Bertz CT molecular complexity index is 402. The maximum absolute atomic E-state index is 12.5. The van der Waals surface area contributed by atoms with Crippen molar-refractivity contribution in [1.82, 2.24) is 0 Å². The van der Waals surface area contributed by atoms with Gasteiger partial charge in [-0.3, -0.25) is 0 Å². The van der Waals surface area contributed by atoms with Crippen molar-refractivity contribution in [3.63, 3.8) is 0 Å². The maximum atomic E-state index is 12.5. The number of rotatable bonds is 3. The van der Waals surface area contributed by atoms with Gasteiger partial charge in [-0.1, -0.05) is 47.3 Å². The van der Waals surface area contributed by atoms with E-state index in [1.54, 1.807) is 12.1 Å². The highest BCUT2D eigenvalue weighted by Crippen LogP contribution is 2.41. The predicted molar refractivity (Wildman–Crippen MR) is 74.5 cm³/mol. The van der Waals surface area contributed by atoms with Crippen molar-refractivity contribution in [3.8, 4) is 0 Å². The van der Waals surface area contributed by atoms with Crippen LogP contribution in [0.5, 0.6) is 0 Å². The summed E-state index contributed by atoms with van der Waals surface area (Å²) in [5.74, 6) is 0. The molecule has 1 aliphatic carbocycles. The van der Waals surface area contributed by atoms with E-state index in [4.69, 9.17) is 0 Å². The average Bonchev–Trinajstić information content (AvgIpc) is 2.39. The molecule has 1 aromatic carbocycles. The summed E-state index contributed by atoms with van der Waals surface area (Å²) < 4.78 is 37.5. The normalized spacial score (nSPS) is 19.4. The second-order valence-electron chi connectivity index (χ2n) is 5.57. The standard InChI is InChI=1S/C15H18BrF3/c16-11-14(8-2-1-3-9-14)10-12-4-6-13(7-5-12)15(17,18)19/h4-7H,1-3,8-11H2. The summed E-state index contributed by atoms with van der Waals surface area (Å²) in [5.41, 5.74) is 0.681. The molecule has 0 atom stereocenters. The van der Waals surface area contributed by atoms with Crippen LogP contribution in [0, 0.1) is 5.41 Å². The first-order chi connectivity index (χ1) is 8.95. The highest BCUT2D eigenvalue weighted by atomic mass is 79.9. The Hall–Kier alpha value is -0.510. The Morgan fingerprint density at radius 1 is 1.00 bits per heavy atom. The van der Waals surface area contributed by atoms with E-state index in [9.17, 15) is 13.2 Å². The Labute approximate surface area is 120 Å². The first-order valence-corrected chi connectivity index (χ1v) is 7.79. The van der Waals surface area contributed by atoms with Gasteiger partial charge in [-0.15, -0.1) is 0 Å². The summed E-state index contributed by atoms with van der Waals surface area (Å²) in [6.45, 7) is 0. The van der Waals surface area contributed by atoms with Gasteiger partial charge in [0.1, 0.15) is 0 Å². The average molecular weight is 335 g/mol. The van der Waals surface area contributed by atoms with E-state index in [0.717, 1.165) is 17.3 Å². The van der Waals surface area contributed by atoms with E-state index < -0.39 is 11.7 Å². The van der Waals surface area contributed by atoms with Crippen LogP contribution in [0.25, 0.3) is 0 Å². The van der Waals surface area contributed by atoms with Gasteiger partial charge in [-0.2, -0.15) is 13.2 Å². The van der Waals surface area contributed by atoms with Gasteiger partial charge < -0.3 is 0 Å². The van der Waals surface area contributed by atoms with Gasteiger partial charge >= 0.3 is 6.18 Å². The molecule has 0 bridgehead atoms. The van der Waals surface area contributed by atoms with Crippen molar-refractivity contribution in [2.24, 2.45) is 5.41 Å². The topological polar surface area (TPSA) is 0 Å². The molecule has 2 rings (SSSR count). The van der Waals surface area contributed by atoms with E-state index in [-0.39, 0.29) is 5.41 Å². The zero-order valence-corrected chi connectivity index (χ0v) is 12.4. The smallest absolute Gasteiger partial charge is 0.166 e. The lowest BCUT2D eigenvalue weighted by atomic mass is 9.72. The van der Waals surface area contributed by atoms with Crippen LogP contribution in [0.1, 0.15) is 43.2 Å². The van der Waals surface area contributed by atoms with E-state index in [1.165, 1.54) is 44.2 Å². The molecular formula is C15H18BrF3. The van der Waals surface area contributed by atoms with E-state index in [0.29, 0.717) is 0 Å². The molecular weight excluding hydrogens is 317 g/mol. The van der Waals surface area contributed by atoms with Gasteiger partial charge in [0.25, 0.3) is 0 Å². The molecule has 4 heteroatoms. The lowest BCUT2D eigenvalue weighted by Crippen LogP contribution is -2.28. The Balaban J connectivity index is 2.10. The highest BCUT2D eigenvalue weighted by Gasteiger charge is 2.32. The number of alkyl halides is 4. The van der Waals surface area contributed by atoms with Gasteiger partial charge in [-0.25, -0.2) is 0 Å². The van der Waals surface area contributed by atoms with Crippen LogP contribution in [0.2, 0.25) is 0 Å². The molecule has 106 valence electrons. The fourth-order valence-electron chi connectivity index (χ4n) is 2.90.